The van der Waals surface area contributed by atoms with Crippen molar-refractivity contribution >= 4 is 27.5 Å². The molecule has 18 heavy (non-hydrogen) atoms. The quantitative estimate of drug-likeness (QED) is 0.864. The second-order valence-corrected chi connectivity index (χ2v) is 4.34. The van der Waals surface area contributed by atoms with Gasteiger partial charge in [-0.3, -0.25) is 4.79 Å². The van der Waals surface area contributed by atoms with Gasteiger partial charge in [0.1, 0.15) is 5.82 Å². The fourth-order valence-electron chi connectivity index (χ4n) is 1.34. The van der Waals surface area contributed by atoms with Gasteiger partial charge in [-0.2, -0.15) is 4.39 Å². The molecule has 2 rings (SSSR count). The van der Waals surface area contributed by atoms with E-state index in [0.29, 0.717) is 4.47 Å². The number of pyridine rings is 1. The molecule has 1 aromatic heterocycles. The van der Waals surface area contributed by atoms with Crippen molar-refractivity contribution in [1.82, 2.24) is 4.98 Å². The van der Waals surface area contributed by atoms with Crippen LogP contribution in [0.1, 0.15) is 10.4 Å². The lowest BCUT2D eigenvalue weighted by molar-refractivity contribution is 0.102. The van der Waals surface area contributed by atoms with Crippen LogP contribution in [0.2, 0.25) is 0 Å². The number of nitrogens with one attached hydrogen (secondary N) is 1. The summed E-state index contributed by atoms with van der Waals surface area (Å²) < 4.78 is 27.3. The summed E-state index contributed by atoms with van der Waals surface area (Å²) in [6.07, 6.45) is 1.23. The third-order valence-electron chi connectivity index (χ3n) is 2.18. The van der Waals surface area contributed by atoms with Gasteiger partial charge in [0.25, 0.3) is 5.91 Å². The Hall–Kier alpha value is -1.82. The van der Waals surface area contributed by atoms with Gasteiger partial charge in [0.05, 0.1) is 11.3 Å². The van der Waals surface area contributed by atoms with Crippen molar-refractivity contribution < 1.29 is 13.6 Å². The number of carbonyl (C=O) groups excluding carboxylic acids is 1. The third-order valence-corrected chi connectivity index (χ3v) is 2.68. The lowest BCUT2D eigenvalue weighted by Gasteiger charge is -2.06. The van der Waals surface area contributed by atoms with E-state index in [4.69, 9.17) is 0 Å². The van der Waals surface area contributed by atoms with Crippen LogP contribution in [-0.4, -0.2) is 10.9 Å². The molecule has 3 nitrogen and oxygen atoms in total. The first-order chi connectivity index (χ1) is 8.58. The highest BCUT2D eigenvalue weighted by molar-refractivity contribution is 9.10. The number of aromatic nitrogens is 1. The van der Waals surface area contributed by atoms with Gasteiger partial charge in [0.15, 0.2) is 0 Å². The molecule has 0 bridgehead atoms. The molecule has 0 aliphatic rings. The van der Waals surface area contributed by atoms with E-state index < -0.39 is 17.7 Å². The number of carbonyl (C=O) groups is 1. The van der Waals surface area contributed by atoms with Crippen LogP contribution in [-0.2, 0) is 0 Å². The number of hydrogen-bond acceptors (Lipinski definition) is 2. The van der Waals surface area contributed by atoms with Crippen LogP contribution >= 0.6 is 15.9 Å². The van der Waals surface area contributed by atoms with Gasteiger partial charge in [0.2, 0.25) is 5.95 Å². The molecule has 1 N–H and O–H groups in total. The number of nitrogens with zero attached hydrogens (tertiary/aromatic N) is 1. The average Bonchev–Trinajstić information content (AvgIpc) is 2.33. The third kappa shape index (κ3) is 2.70. The van der Waals surface area contributed by atoms with Gasteiger partial charge in [-0.25, -0.2) is 9.37 Å². The lowest BCUT2D eigenvalue weighted by Crippen LogP contribution is -2.15. The molecule has 0 fully saturated rings. The maximum absolute atomic E-state index is 13.5. The molecule has 2 aromatic rings. The largest absolute Gasteiger partial charge is 0.319 e. The Morgan fingerprint density at radius 1 is 1.28 bits per heavy atom. The minimum absolute atomic E-state index is 0.0218. The van der Waals surface area contributed by atoms with Crippen molar-refractivity contribution in [2.45, 2.75) is 0 Å². The highest BCUT2D eigenvalue weighted by Crippen LogP contribution is 2.20. The van der Waals surface area contributed by atoms with Crippen LogP contribution < -0.4 is 5.32 Å². The molecule has 92 valence electrons. The molecule has 6 heteroatoms. The van der Waals surface area contributed by atoms with Crippen LogP contribution in [0.25, 0.3) is 0 Å². The summed E-state index contributed by atoms with van der Waals surface area (Å²) in [5.74, 6) is -2.25. The first kappa shape index (κ1) is 12.6. The van der Waals surface area contributed by atoms with Crippen LogP contribution in [0.4, 0.5) is 14.5 Å². The highest BCUT2D eigenvalue weighted by atomic mass is 79.9. The summed E-state index contributed by atoms with van der Waals surface area (Å²) >= 11 is 3.10. The fourth-order valence-corrected chi connectivity index (χ4v) is 1.67. The van der Waals surface area contributed by atoms with E-state index in [-0.39, 0.29) is 11.3 Å². The summed E-state index contributed by atoms with van der Waals surface area (Å²) in [6, 6.07) is 6.85. The van der Waals surface area contributed by atoms with Gasteiger partial charge in [0, 0.05) is 10.7 Å². The maximum atomic E-state index is 13.5. The van der Waals surface area contributed by atoms with Crippen LogP contribution in [0.5, 0.6) is 0 Å². The van der Waals surface area contributed by atoms with Gasteiger partial charge in [-0.1, -0.05) is 15.9 Å². The Bertz CT molecular complexity index is 604. The van der Waals surface area contributed by atoms with E-state index in [1.807, 2.05) is 0 Å². The molecule has 0 radical (unpaired) electrons. The number of hydrogen-bond donors (Lipinski definition) is 1. The number of benzene rings is 1. The number of amides is 1. The van der Waals surface area contributed by atoms with E-state index >= 15 is 0 Å². The van der Waals surface area contributed by atoms with Crippen LogP contribution in [0.15, 0.2) is 41.0 Å². The Morgan fingerprint density at radius 3 is 2.72 bits per heavy atom. The molecule has 1 amide bonds. The fraction of sp³-hybridized carbons (Fsp3) is 0. The summed E-state index contributed by atoms with van der Waals surface area (Å²) in [4.78, 5) is 15.1. The van der Waals surface area contributed by atoms with Gasteiger partial charge in [-0.05, 0) is 30.3 Å². The molecular formula is C12H7BrF2N2O. The molecule has 0 unspecified atom stereocenters. The van der Waals surface area contributed by atoms with E-state index in [2.05, 4.69) is 26.2 Å². The maximum Gasteiger partial charge on any atom is 0.260 e. The van der Waals surface area contributed by atoms with Crippen LogP contribution in [0.3, 0.4) is 0 Å². The highest BCUT2D eigenvalue weighted by Gasteiger charge is 2.13. The van der Waals surface area contributed by atoms with Crippen molar-refractivity contribution in [2.75, 3.05) is 5.32 Å². The summed E-state index contributed by atoms with van der Waals surface area (Å²) in [5.41, 5.74) is -0.258. The normalized spacial score (nSPS) is 10.2. The molecule has 1 aromatic carbocycles. The van der Waals surface area contributed by atoms with E-state index in [1.165, 1.54) is 30.5 Å². The van der Waals surface area contributed by atoms with Gasteiger partial charge < -0.3 is 5.32 Å². The molecule has 0 aliphatic carbocycles. The standard InChI is InChI=1S/C12H7BrF2N2O/c13-7-3-4-10(9(14)6-7)17-12(18)8-2-1-5-16-11(8)15/h1-6H,(H,17,18). The van der Waals surface area contributed by atoms with Gasteiger partial charge in [-0.15, -0.1) is 0 Å². The zero-order valence-corrected chi connectivity index (χ0v) is 10.5. The predicted molar refractivity (Wildman–Crippen MR) is 66.2 cm³/mol. The molecule has 0 atom stereocenters. The number of anilines is 1. The molecule has 0 spiro atoms. The minimum atomic E-state index is -0.896. The van der Waals surface area contributed by atoms with E-state index in [9.17, 15) is 13.6 Å². The summed E-state index contributed by atoms with van der Waals surface area (Å²) in [5, 5.41) is 2.28. The Balaban J connectivity index is 2.24. The Morgan fingerprint density at radius 2 is 2.06 bits per heavy atom. The Kier molecular flexibility index (Phi) is 3.66. The molecule has 0 saturated heterocycles. The van der Waals surface area contributed by atoms with Crippen molar-refractivity contribution in [3.05, 3.63) is 58.3 Å². The number of halogens is 3. The first-order valence-electron chi connectivity index (χ1n) is 4.95. The average molecular weight is 313 g/mol. The SMILES string of the molecule is O=C(Nc1ccc(Br)cc1F)c1cccnc1F. The van der Waals surface area contributed by atoms with E-state index in [0.717, 1.165) is 0 Å². The van der Waals surface area contributed by atoms with E-state index in [1.54, 1.807) is 6.07 Å². The monoisotopic (exact) mass is 312 g/mol. The second kappa shape index (κ2) is 5.22. The number of rotatable bonds is 2. The minimum Gasteiger partial charge on any atom is -0.319 e. The Labute approximate surface area is 110 Å². The topological polar surface area (TPSA) is 42.0 Å². The summed E-state index contributed by atoms with van der Waals surface area (Å²) in [6.45, 7) is 0. The lowest BCUT2D eigenvalue weighted by atomic mass is 10.2. The van der Waals surface area contributed by atoms with Gasteiger partial charge >= 0.3 is 0 Å². The van der Waals surface area contributed by atoms with Crippen molar-refractivity contribution in [3.8, 4) is 0 Å². The molecular weight excluding hydrogens is 306 g/mol. The van der Waals surface area contributed by atoms with Crippen molar-refractivity contribution in [2.24, 2.45) is 0 Å². The van der Waals surface area contributed by atoms with Crippen molar-refractivity contribution in [3.63, 3.8) is 0 Å². The molecule has 0 aliphatic heterocycles. The molecule has 1 heterocycles. The molecule has 0 saturated carbocycles. The smallest absolute Gasteiger partial charge is 0.260 e. The second-order valence-electron chi connectivity index (χ2n) is 3.42. The van der Waals surface area contributed by atoms with Crippen molar-refractivity contribution in [1.29, 1.82) is 0 Å². The first-order valence-corrected chi connectivity index (χ1v) is 5.74. The predicted octanol–water partition coefficient (Wildman–Crippen LogP) is 3.37. The zero-order valence-electron chi connectivity index (χ0n) is 8.95. The zero-order chi connectivity index (χ0) is 13.1. The summed E-state index contributed by atoms with van der Waals surface area (Å²) in [7, 11) is 0. The van der Waals surface area contributed by atoms with Crippen LogP contribution in [0, 0.1) is 11.8 Å².